The summed E-state index contributed by atoms with van der Waals surface area (Å²) in [7, 11) is 0. The zero-order valence-corrected chi connectivity index (χ0v) is 17.2. The molecule has 0 spiro atoms. The molecule has 0 radical (unpaired) electrons. The molecule has 0 unspecified atom stereocenters. The van der Waals surface area contributed by atoms with Gasteiger partial charge in [-0.15, -0.1) is 26.3 Å². The van der Waals surface area contributed by atoms with Crippen molar-refractivity contribution < 1.29 is 35.8 Å². The lowest BCUT2D eigenvalue weighted by atomic mass is 9.94. The second kappa shape index (κ2) is 8.36. The molecule has 0 aromatic heterocycles. The second-order valence-corrected chi connectivity index (χ2v) is 7.35. The summed E-state index contributed by atoms with van der Waals surface area (Å²) < 4.78 is 85.8. The zero-order chi connectivity index (χ0) is 24.7. The minimum Gasteiger partial charge on any atom is -0.405 e. The van der Waals surface area contributed by atoms with Crippen LogP contribution >= 0.6 is 0 Å². The molecule has 0 saturated heterocycles. The largest absolute Gasteiger partial charge is 0.573 e. The van der Waals surface area contributed by atoms with E-state index in [1.165, 1.54) is 24.3 Å². The van der Waals surface area contributed by atoms with E-state index in [1.54, 1.807) is 36.4 Å². The number of hydrogen-bond donors (Lipinski definition) is 2. The third-order valence-electron chi connectivity index (χ3n) is 4.94. The molecule has 0 aliphatic carbocycles. The first-order chi connectivity index (χ1) is 15.9. The number of hydrogen-bond acceptors (Lipinski definition) is 4. The highest BCUT2D eigenvalue weighted by Crippen LogP contribution is 2.41. The molecule has 4 aromatic rings. The monoisotopic (exact) mass is 478 g/mol. The van der Waals surface area contributed by atoms with Crippen molar-refractivity contribution in [3.05, 3.63) is 72.8 Å². The highest BCUT2D eigenvalue weighted by Gasteiger charge is 2.33. The topological polar surface area (TPSA) is 70.5 Å². The van der Waals surface area contributed by atoms with Crippen LogP contribution < -0.4 is 20.9 Å². The third-order valence-corrected chi connectivity index (χ3v) is 4.94. The number of halogens is 6. The summed E-state index contributed by atoms with van der Waals surface area (Å²) in [5.74, 6) is -0.939. The third kappa shape index (κ3) is 5.11. The fourth-order valence-corrected chi connectivity index (χ4v) is 3.64. The molecule has 176 valence electrons. The molecule has 4 N–H and O–H groups in total. The lowest BCUT2D eigenvalue weighted by Gasteiger charge is -2.17. The SMILES string of the molecule is Nc1ccc(-c2ccc3c(-c4ccc(N)cc4OC(F)(F)F)cccc3c2)c(OC(F)(F)F)c1. The molecule has 10 heteroatoms. The second-order valence-electron chi connectivity index (χ2n) is 7.35. The van der Waals surface area contributed by atoms with Gasteiger partial charge in [0.15, 0.2) is 0 Å². The first kappa shape index (κ1) is 23.1. The van der Waals surface area contributed by atoms with Gasteiger partial charge in [-0.05, 0) is 52.2 Å². The number of nitrogen functional groups attached to an aromatic ring is 2. The standard InChI is InChI=1S/C24H16F6N2O2/c25-23(26,27)33-21-11-15(31)5-8-18(21)14-4-7-17-13(10-14)2-1-3-19(17)20-9-6-16(32)12-22(20)34-24(28,29)30/h1-12H,31-32H2. The molecular weight excluding hydrogens is 462 g/mol. The van der Waals surface area contributed by atoms with Gasteiger partial charge in [0.05, 0.1) is 0 Å². The number of nitrogens with two attached hydrogens (primary N) is 2. The van der Waals surface area contributed by atoms with E-state index in [2.05, 4.69) is 9.47 Å². The smallest absolute Gasteiger partial charge is 0.405 e. The lowest BCUT2D eigenvalue weighted by molar-refractivity contribution is -0.275. The Bertz CT molecular complexity index is 1370. The highest BCUT2D eigenvalue weighted by molar-refractivity contribution is 6.00. The number of alkyl halides is 6. The number of rotatable bonds is 4. The molecule has 0 saturated carbocycles. The highest BCUT2D eigenvalue weighted by atomic mass is 19.4. The van der Waals surface area contributed by atoms with Crippen LogP contribution in [0.25, 0.3) is 33.0 Å². The van der Waals surface area contributed by atoms with Crippen molar-refractivity contribution >= 4 is 22.1 Å². The minimum absolute atomic E-state index is 0.0890. The van der Waals surface area contributed by atoms with Gasteiger partial charge in [-0.25, -0.2) is 0 Å². The molecule has 0 aliphatic rings. The first-order valence-electron chi connectivity index (χ1n) is 9.74. The van der Waals surface area contributed by atoms with Gasteiger partial charge in [0, 0.05) is 34.6 Å². The van der Waals surface area contributed by atoms with Crippen LogP contribution in [0.4, 0.5) is 37.7 Å². The van der Waals surface area contributed by atoms with Crippen molar-refractivity contribution in [2.24, 2.45) is 0 Å². The van der Waals surface area contributed by atoms with Gasteiger partial charge in [0.1, 0.15) is 11.5 Å². The lowest BCUT2D eigenvalue weighted by Crippen LogP contribution is -2.17. The normalized spacial score (nSPS) is 12.1. The van der Waals surface area contributed by atoms with E-state index in [4.69, 9.17) is 11.5 Å². The Labute approximate surface area is 189 Å². The molecule has 0 aliphatic heterocycles. The summed E-state index contributed by atoms with van der Waals surface area (Å²) in [5, 5.41) is 1.12. The van der Waals surface area contributed by atoms with E-state index >= 15 is 0 Å². The van der Waals surface area contributed by atoms with Crippen molar-refractivity contribution in [1.82, 2.24) is 0 Å². The van der Waals surface area contributed by atoms with Crippen LogP contribution in [0.2, 0.25) is 0 Å². The number of ether oxygens (including phenoxy) is 2. The van der Waals surface area contributed by atoms with Gasteiger partial charge in [0.2, 0.25) is 0 Å². The average molecular weight is 478 g/mol. The zero-order valence-electron chi connectivity index (χ0n) is 17.2. The Morgan fingerprint density at radius 1 is 0.559 bits per heavy atom. The summed E-state index contributed by atoms with van der Waals surface area (Å²) >= 11 is 0. The van der Waals surface area contributed by atoms with Crippen LogP contribution in [-0.4, -0.2) is 12.7 Å². The summed E-state index contributed by atoms with van der Waals surface area (Å²) in [6, 6.07) is 17.5. The van der Waals surface area contributed by atoms with Crippen LogP contribution in [-0.2, 0) is 0 Å². The Hall–Kier alpha value is -4.08. The fourth-order valence-electron chi connectivity index (χ4n) is 3.64. The minimum atomic E-state index is -4.93. The van der Waals surface area contributed by atoms with Gasteiger partial charge >= 0.3 is 12.7 Å². The van der Waals surface area contributed by atoms with Crippen LogP contribution in [0.15, 0.2) is 72.8 Å². The van der Waals surface area contributed by atoms with Crippen molar-refractivity contribution in [3.8, 4) is 33.8 Å². The molecular formula is C24H16F6N2O2. The molecule has 4 rings (SSSR count). The van der Waals surface area contributed by atoms with Gasteiger partial charge in [-0.2, -0.15) is 0 Å². The quantitative estimate of drug-likeness (QED) is 0.242. The summed E-state index contributed by atoms with van der Waals surface area (Å²) in [4.78, 5) is 0. The molecule has 4 aromatic carbocycles. The summed E-state index contributed by atoms with van der Waals surface area (Å²) in [6.45, 7) is 0. The Morgan fingerprint density at radius 3 is 1.71 bits per heavy atom. The Balaban J connectivity index is 1.84. The van der Waals surface area contributed by atoms with Crippen LogP contribution in [0.5, 0.6) is 11.5 Å². The van der Waals surface area contributed by atoms with Crippen LogP contribution in [0.1, 0.15) is 0 Å². The van der Waals surface area contributed by atoms with Crippen molar-refractivity contribution in [2.45, 2.75) is 12.7 Å². The van der Waals surface area contributed by atoms with Crippen molar-refractivity contribution in [2.75, 3.05) is 11.5 Å². The fraction of sp³-hybridized carbons (Fsp3) is 0.0833. The van der Waals surface area contributed by atoms with Gasteiger partial charge in [-0.1, -0.05) is 30.3 Å². The first-order valence-corrected chi connectivity index (χ1v) is 9.74. The number of anilines is 2. The molecule has 0 fully saturated rings. The van der Waals surface area contributed by atoms with Crippen molar-refractivity contribution in [1.29, 1.82) is 0 Å². The van der Waals surface area contributed by atoms with E-state index in [9.17, 15) is 26.3 Å². The van der Waals surface area contributed by atoms with Crippen LogP contribution in [0.3, 0.4) is 0 Å². The maximum absolute atomic E-state index is 12.9. The van der Waals surface area contributed by atoms with E-state index in [-0.39, 0.29) is 22.5 Å². The average Bonchev–Trinajstić information content (AvgIpc) is 2.71. The molecule has 0 atom stereocenters. The number of fused-ring (bicyclic) bond motifs is 1. The predicted molar refractivity (Wildman–Crippen MR) is 117 cm³/mol. The Morgan fingerprint density at radius 2 is 1.12 bits per heavy atom. The predicted octanol–water partition coefficient (Wildman–Crippen LogP) is 7.14. The molecule has 0 bridgehead atoms. The van der Waals surface area contributed by atoms with Gasteiger partial charge in [0.25, 0.3) is 0 Å². The number of benzene rings is 4. The molecule has 0 amide bonds. The van der Waals surface area contributed by atoms with E-state index in [0.29, 0.717) is 21.9 Å². The van der Waals surface area contributed by atoms with E-state index < -0.39 is 24.2 Å². The van der Waals surface area contributed by atoms with Crippen molar-refractivity contribution in [3.63, 3.8) is 0 Å². The molecule has 4 nitrogen and oxygen atoms in total. The molecule has 34 heavy (non-hydrogen) atoms. The van der Waals surface area contributed by atoms with Gasteiger partial charge < -0.3 is 20.9 Å². The molecule has 0 heterocycles. The van der Waals surface area contributed by atoms with E-state index in [0.717, 1.165) is 12.1 Å². The Kier molecular flexibility index (Phi) is 5.68. The van der Waals surface area contributed by atoms with Crippen LogP contribution in [0, 0.1) is 0 Å². The van der Waals surface area contributed by atoms with E-state index in [1.807, 2.05) is 0 Å². The maximum Gasteiger partial charge on any atom is 0.573 e. The summed E-state index contributed by atoms with van der Waals surface area (Å²) in [6.07, 6.45) is -9.85. The van der Waals surface area contributed by atoms with Gasteiger partial charge in [-0.3, -0.25) is 0 Å². The maximum atomic E-state index is 12.9. The summed E-state index contributed by atoms with van der Waals surface area (Å²) in [5.41, 5.74) is 12.6.